The Morgan fingerprint density at radius 2 is 1.97 bits per heavy atom. The molecular formula is C23H33N6O2+. The van der Waals surface area contributed by atoms with Gasteiger partial charge < -0.3 is 14.6 Å². The van der Waals surface area contributed by atoms with E-state index in [2.05, 4.69) is 61.2 Å². The summed E-state index contributed by atoms with van der Waals surface area (Å²) in [7, 11) is 0. The number of H-pyrrole nitrogens is 1. The first-order valence-electron chi connectivity index (χ1n) is 11.1. The summed E-state index contributed by atoms with van der Waals surface area (Å²) < 4.78 is 7.78. The van der Waals surface area contributed by atoms with Gasteiger partial charge in [0, 0.05) is 12.1 Å². The lowest BCUT2D eigenvalue weighted by Gasteiger charge is -2.24. The van der Waals surface area contributed by atoms with Gasteiger partial charge in [-0.2, -0.15) is 0 Å². The summed E-state index contributed by atoms with van der Waals surface area (Å²) in [5.41, 5.74) is 3.82. The molecule has 0 amide bonds. The number of hydrogen-bond acceptors (Lipinski definition) is 5. The Kier molecular flexibility index (Phi) is 5.94. The maximum absolute atomic E-state index is 12.9. The van der Waals surface area contributed by atoms with Gasteiger partial charge >= 0.3 is 0 Å². The fraction of sp³-hybridized carbons (Fsp3) is 0.565. The fourth-order valence-corrected chi connectivity index (χ4v) is 4.32. The topological polar surface area (TPSA) is 90.1 Å². The number of aromatic nitrogens is 5. The van der Waals surface area contributed by atoms with Crippen LogP contribution in [0.25, 0.3) is 10.9 Å². The number of benzene rings is 1. The molecule has 2 atom stereocenters. The number of aromatic amines is 1. The van der Waals surface area contributed by atoms with E-state index in [9.17, 15) is 4.79 Å². The van der Waals surface area contributed by atoms with Crippen LogP contribution in [0.4, 0.5) is 0 Å². The number of ether oxygens (including phenoxy) is 1. The summed E-state index contributed by atoms with van der Waals surface area (Å²) in [6, 6.07) is 6.22. The number of rotatable bonds is 6. The summed E-state index contributed by atoms with van der Waals surface area (Å²) in [4.78, 5) is 17.2. The lowest BCUT2D eigenvalue weighted by Crippen LogP contribution is -3.10. The van der Waals surface area contributed by atoms with Crippen molar-refractivity contribution in [2.75, 3.05) is 13.2 Å². The highest BCUT2D eigenvalue weighted by Gasteiger charge is 2.27. The maximum Gasteiger partial charge on any atom is 0.257 e. The molecule has 8 nitrogen and oxygen atoms in total. The van der Waals surface area contributed by atoms with E-state index >= 15 is 0 Å². The molecule has 1 unspecified atom stereocenters. The van der Waals surface area contributed by atoms with E-state index in [-0.39, 0.29) is 17.2 Å². The predicted molar refractivity (Wildman–Crippen MR) is 119 cm³/mol. The van der Waals surface area contributed by atoms with Gasteiger partial charge in [0.2, 0.25) is 5.82 Å². The van der Waals surface area contributed by atoms with E-state index in [0.29, 0.717) is 13.1 Å². The van der Waals surface area contributed by atoms with Gasteiger partial charge in [0.25, 0.3) is 5.56 Å². The number of hydrogen-bond donors (Lipinski definition) is 2. The van der Waals surface area contributed by atoms with Crippen molar-refractivity contribution >= 4 is 10.9 Å². The summed E-state index contributed by atoms with van der Waals surface area (Å²) in [5.74, 6) is 0.823. The molecule has 3 aromatic rings. The van der Waals surface area contributed by atoms with Gasteiger partial charge in [-0.15, -0.1) is 5.10 Å². The fourth-order valence-electron chi connectivity index (χ4n) is 4.32. The molecule has 8 heteroatoms. The van der Waals surface area contributed by atoms with Gasteiger partial charge in [-0.1, -0.05) is 0 Å². The standard InChI is InChI=1S/C23H32N6O2/c1-15-9-17-11-18(22(30)24-20(17)10-16(15)2)12-28(13-19-7-6-8-31-19)14-21-25-26-27-29(21)23(3,4)5/h9-11,19H,6-8,12-14H2,1-5H3,(H,24,30)/p+1/t19-/m0/s1. The third-order valence-electron chi connectivity index (χ3n) is 6.09. The van der Waals surface area contributed by atoms with Crippen LogP contribution in [0.3, 0.4) is 0 Å². The van der Waals surface area contributed by atoms with Crippen molar-refractivity contribution in [1.82, 2.24) is 25.2 Å². The van der Waals surface area contributed by atoms with Crippen molar-refractivity contribution < 1.29 is 9.64 Å². The molecule has 2 aromatic heterocycles. The Balaban J connectivity index is 1.64. The quantitative estimate of drug-likeness (QED) is 0.627. The highest BCUT2D eigenvalue weighted by atomic mass is 16.5. The van der Waals surface area contributed by atoms with Crippen LogP contribution >= 0.6 is 0 Å². The molecule has 0 spiro atoms. The third-order valence-corrected chi connectivity index (χ3v) is 6.09. The first-order valence-corrected chi connectivity index (χ1v) is 11.1. The lowest BCUT2D eigenvalue weighted by atomic mass is 10.0. The average molecular weight is 426 g/mol. The molecule has 0 bridgehead atoms. The molecule has 1 saturated heterocycles. The molecule has 0 radical (unpaired) electrons. The Hall–Kier alpha value is -2.58. The smallest absolute Gasteiger partial charge is 0.257 e. The molecule has 4 rings (SSSR count). The zero-order valence-electron chi connectivity index (χ0n) is 19.2. The zero-order valence-corrected chi connectivity index (χ0v) is 19.2. The van der Waals surface area contributed by atoms with Crippen LogP contribution in [-0.2, 0) is 23.4 Å². The van der Waals surface area contributed by atoms with Crippen molar-refractivity contribution in [1.29, 1.82) is 0 Å². The second-order valence-corrected chi connectivity index (χ2v) is 9.77. The van der Waals surface area contributed by atoms with Crippen LogP contribution in [-0.4, -0.2) is 44.4 Å². The summed E-state index contributed by atoms with van der Waals surface area (Å²) in [6.07, 6.45) is 2.35. The number of nitrogens with one attached hydrogen (secondary N) is 2. The first-order chi connectivity index (χ1) is 14.7. The molecule has 166 valence electrons. The molecule has 2 N–H and O–H groups in total. The summed E-state index contributed by atoms with van der Waals surface area (Å²) in [6.45, 7) is 13.3. The molecule has 3 heterocycles. The Labute approximate surface area is 182 Å². The molecule has 0 aliphatic carbocycles. The van der Waals surface area contributed by atoms with Crippen molar-refractivity contribution in [3.05, 3.63) is 51.1 Å². The molecule has 0 saturated carbocycles. The van der Waals surface area contributed by atoms with Gasteiger partial charge in [0.15, 0.2) is 0 Å². The Morgan fingerprint density at radius 1 is 1.19 bits per heavy atom. The largest absolute Gasteiger partial charge is 0.372 e. The molecule has 1 aliphatic heterocycles. The number of tetrazole rings is 1. The zero-order chi connectivity index (χ0) is 22.2. The lowest BCUT2D eigenvalue weighted by molar-refractivity contribution is -0.931. The second kappa shape index (κ2) is 8.51. The SMILES string of the molecule is Cc1cc2cc(C[NH+](Cc3nnnn3C(C)(C)C)C[C@@H]3CCCO3)c(=O)[nH]c2cc1C. The minimum absolute atomic E-state index is 0.0315. The monoisotopic (exact) mass is 425 g/mol. The number of nitrogens with zero attached hydrogens (tertiary/aromatic N) is 4. The highest BCUT2D eigenvalue weighted by Crippen LogP contribution is 2.17. The summed E-state index contributed by atoms with van der Waals surface area (Å²) >= 11 is 0. The Bertz CT molecular complexity index is 1120. The van der Waals surface area contributed by atoms with Crippen molar-refractivity contribution in [2.24, 2.45) is 0 Å². The predicted octanol–water partition coefficient (Wildman–Crippen LogP) is 1.65. The van der Waals surface area contributed by atoms with Gasteiger partial charge in [-0.05, 0) is 92.6 Å². The van der Waals surface area contributed by atoms with Crippen molar-refractivity contribution in [3.8, 4) is 0 Å². The van der Waals surface area contributed by atoms with E-state index in [0.717, 1.165) is 48.3 Å². The first kappa shape index (κ1) is 21.6. The number of fused-ring (bicyclic) bond motifs is 1. The normalized spacial score (nSPS) is 18.0. The van der Waals surface area contributed by atoms with Crippen LogP contribution in [0.5, 0.6) is 0 Å². The molecule has 1 aliphatic rings. The van der Waals surface area contributed by atoms with Crippen LogP contribution in [0.15, 0.2) is 23.0 Å². The van der Waals surface area contributed by atoms with Gasteiger partial charge in [0.1, 0.15) is 25.7 Å². The number of quaternary nitrogens is 1. The van der Waals surface area contributed by atoms with E-state index in [4.69, 9.17) is 4.74 Å². The molecule has 31 heavy (non-hydrogen) atoms. The van der Waals surface area contributed by atoms with Gasteiger partial charge in [-0.25, -0.2) is 4.68 Å². The van der Waals surface area contributed by atoms with Crippen molar-refractivity contribution in [3.63, 3.8) is 0 Å². The average Bonchev–Trinajstić information content (AvgIpc) is 3.35. The van der Waals surface area contributed by atoms with E-state index < -0.39 is 0 Å². The molecular weight excluding hydrogens is 392 g/mol. The van der Waals surface area contributed by atoms with Crippen LogP contribution in [0.2, 0.25) is 0 Å². The second-order valence-electron chi connectivity index (χ2n) is 9.77. The Morgan fingerprint density at radius 3 is 2.68 bits per heavy atom. The van der Waals surface area contributed by atoms with Gasteiger partial charge in [0.05, 0.1) is 11.1 Å². The number of pyridine rings is 1. The van der Waals surface area contributed by atoms with E-state index in [1.165, 1.54) is 16.0 Å². The van der Waals surface area contributed by atoms with E-state index in [1.54, 1.807) is 0 Å². The van der Waals surface area contributed by atoms with E-state index in [1.807, 2.05) is 16.8 Å². The highest BCUT2D eigenvalue weighted by molar-refractivity contribution is 5.80. The minimum atomic E-state index is -0.205. The maximum atomic E-state index is 12.9. The van der Waals surface area contributed by atoms with Crippen LogP contribution in [0.1, 0.15) is 56.1 Å². The van der Waals surface area contributed by atoms with Crippen LogP contribution in [0, 0.1) is 13.8 Å². The van der Waals surface area contributed by atoms with Crippen LogP contribution < -0.4 is 10.5 Å². The molecule has 1 aromatic carbocycles. The summed E-state index contributed by atoms with van der Waals surface area (Å²) in [5, 5.41) is 13.5. The number of aryl methyl sites for hydroxylation is 2. The molecule has 1 fully saturated rings. The third kappa shape index (κ3) is 4.85. The van der Waals surface area contributed by atoms with Crippen molar-refractivity contribution in [2.45, 2.75) is 72.2 Å². The minimum Gasteiger partial charge on any atom is -0.372 e. The van der Waals surface area contributed by atoms with Gasteiger partial charge in [-0.3, -0.25) is 4.79 Å².